The summed E-state index contributed by atoms with van der Waals surface area (Å²) >= 11 is 2.25. The van der Waals surface area contributed by atoms with E-state index in [1.165, 1.54) is 3.57 Å². The molecule has 1 heterocycles. The highest BCUT2D eigenvalue weighted by atomic mass is 127. The Morgan fingerprint density at radius 1 is 1.22 bits per heavy atom. The minimum absolute atomic E-state index is 0.207. The summed E-state index contributed by atoms with van der Waals surface area (Å²) in [7, 11) is 2.06. The zero-order valence-electron chi connectivity index (χ0n) is 10.4. The molecule has 0 spiro atoms. The zero-order chi connectivity index (χ0) is 13.0. The number of amides is 1. The van der Waals surface area contributed by atoms with E-state index in [9.17, 15) is 4.79 Å². The molecule has 0 radical (unpaired) electrons. The lowest BCUT2D eigenvalue weighted by Crippen LogP contribution is -2.47. The van der Waals surface area contributed by atoms with Crippen molar-refractivity contribution in [2.45, 2.75) is 6.61 Å². The number of piperazine rings is 1. The van der Waals surface area contributed by atoms with E-state index in [-0.39, 0.29) is 6.09 Å². The van der Waals surface area contributed by atoms with Gasteiger partial charge < -0.3 is 14.5 Å². The minimum Gasteiger partial charge on any atom is -0.445 e. The van der Waals surface area contributed by atoms with Crippen molar-refractivity contribution in [3.63, 3.8) is 0 Å². The highest BCUT2D eigenvalue weighted by molar-refractivity contribution is 14.1. The number of carbonyl (C=O) groups is 1. The van der Waals surface area contributed by atoms with Crippen LogP contribution in [0.4, 0.5) is 4.79 Å². The summed E-state index contributed by atoms with van der Waals surface area (Å²) in [5.74, 6) is 0. The number of hydrogen-bond acceptors (Lipinski definition) is 3. The van der Waals surface area contributed by atoms with Crippen LogP contribution >= 0.6 is 22.6 Å². The van der Waals surface area contributed by atoms with Crippen molar-refractivity contribution in [1.29, 1.82) is 0 Å². The van der Waals surface area contributed by atoms with Crippen LogP contribution in [0.1, 0.15) is 5.56 Å². The fourth-order valence-electron chi connectivity index (χ4n) is 1.81. The normalized spacial score (nSPS) is 16.7. The molecule has 1 aromatic carbocycles. The molecule has 5 heteroatoms. The first-order valence-electron chi connectivity index (χ1n) is 6.00. The Balaban J connectivity index is 1.79. The summed E-state index contributed by atoms with van der Waals surface area (Å²) in [4.78, 5) is 15.8. The lowest BCUT2D eigenvalue weighted by atomic mass is 10.2. The Morgan fingerprint density at radius 3 is 2.44 bits per heavy atom. The van der Waals surface area contributed by atoms with Gasteiger partial charge >= 0.3 is 6.09 Å². The van der Waals surface area contributed by atoms with Gasteiger partial charge in [-0.1, -0.05) is 12.1 Å². The first-order chi connectivity index (χ1) is 8.65. The van der Waals surface area contributed by atoms with E-state index < -0.39 is 0 Å². The van der Waals surface area contributed by atoms with E-state index in [4.69, 9.17) is 4.74 Å². The summed E-state index contributed by atoms with van der Waals surface area (Å²) in [6.07, 6.45) is -0.207. The Labute approximate surface area is 121 Å². The summed E-state index contributed by atoms with van der Waals surface area (Å²) in [5.41, 5.74) is 1.03. The molecular formula is C13H17IN2O2. The summed E-state index contributed by atoms with van der Waals surface area (Å²) < 4.78 is 6.49. The molecule has 1 fully saturated rings. The first kappa shape index (κ1) is 13.6. The van der Waals surface area contributed by atoms with Crippen LogP contribution in [-0.4, -0.2) is 49.1 Å². The molecule has 4 nitrogen and oxygen atoms in total. The second-order valence-electron chi connectivity index (χ2n) is 4.47. The molecule has 1 saturated heterocycles. The van der Waals surface area contributed by atoms with E-state index in [0.29, 0.717) is 6.61 Å². The van der Waals surface area contributed by atoms with Gasteiger partial charge in [0.25, 0.3) is 0 Å². The number of hydrogen-bond donors (Lipinski definition) is 0. The standard InChI is InChI=1S/C13H17IN2O2/c1-15-6-8-16(9-7-15)13(17)18-10-11-2-4-12(14)5-3-11/h2-5H,6-10H2,1H3. The summed E-state index contributed by atoms with van der Waals surface area (Å²) in [6, 6.07) is 8.00. The van der Waals surface area contributed by atoms with Crippen LogP contribution in [0.25, 0.3) is 0 Å². The number of ether oxygens (including phenoxy) is 1. The number of likely N-dealkylation sites (N-methyl/N-ethyl adjacent to an activating group) is 1. The van der Waals surface area contributed by atoms with Crippen molar-refractivity contribution in [2.24, 2.45) is 0 Å². The van der Waals surface area contributed by atoms with E-state index in [0.717, 1.165) is 31.7 Å². The Hall–Kier alpha value is -0.820. The SMILES string of the molecule is CN1CCN(C(=O)OCc2ccc(I)cc2)CC1. The fraction of sp³-hybridized carbons (Fsp3) is 0.462. The average Bonchev–Trinajstić information content (AvgIpc) is 2.38. The molecule has 0 aliphatic carbocycles. The van der Waals surface area contributed by atoms with Gasteiger partial charge in [-0.2, -0.15) is 0 Å². The van der Waals surface area contributed by atoms with Crippen molar-refractivity contribution in [3.8, 4) is 0 Å². The van der Waals surface area contributed by atoms with Crippen LogP contribution < -0.4 is 0 Å². The summed E-state index contributed by atoms with van der Waals surface area (Å²) in [5, 5.41) is 0. The number of halogens is 1. The largest absolute Gasteiger partial charge is 0.445 e. The first-order valence-corrected chi connectivity index (χ1v) is 7.08. The minimum atomic E-state index is -0.207. The van der Waals surface area contributed by atoms with Crippen LogP contribution in [0, 0.1) is 3.57 Å². The van der Waals surface area contributed by atoms with E-state index in [2.05, 4.69) is 34.5 Å². The van der Waals surface area contributed by atoms with E-state index in [1.807, 2.05) is 24.3 Å². The zero-order valence-corrected chi connectivity index (χ0v) is 12.6. The van der Waals surface area contributed by atoms with Gasteiger partial charge in [0, 0.05) is 29.7 Å². The molecule has 0 bridgehead atoms. The third kappa shape index (κ3) is 3.84. The molecule has 0 unspecified atom stereocenters. The number of carbonyl (C=O) groups excluding carboxylic acids is 1. The molecule has 1 aliphatic heterocycles. The second kappa shape index (κ2) is 6.38. The number of nitrogens with zero attached hydrogens (tertiary/aromatic N) is 2. The lowest BCUT2D eigenvalue weighted by Gasteiger charge is -2.31. The molecule has 1 aliphatic rings. The van der Waals surface area contributed by atoms with E-state index >= 15 is 0 Å². The van der Waals surface area contributed by atoms with Crippen molar-refractivity contribution < 1.29 is 9.53 Å². The van der Waals surface area contributed by atoms with Gasteiger partial charge in [0.05, 0.1) is 0 Å². The molecule has 1 aromatic rings. The topological polar surface area (TPSA) is 32.8 Å². The van der Waals surface area contributed by atoms with Crippen LogP contribution in [0.2, 0.25) is 0 Å². The maximum Gasteiger partial charge on any atom is 0.410 e. The van der Waals surface area contributed by atoms with Crippen molar-refractivity contribution in [1.82, 2.24) is 9.80 Å². The van der Waals surface area contributed by atoms with Crippen molar-refractivity contribution >= 4 is 28.7 Å². The molecule has 0 N–H and O–H groups in total. The van der Waals surface area contributed by atoms with Gasteiger partial charge in [-0.25, -0.2) is 4.79 Å². The Kier molecular flexibility index (Phi) is 4.82. The van der Waals surface area contributed by atoms with Crippen LogP contribution in [-0.2, 0) is 11.3 Å². The average molecular weight is 360 g/mol. The molecule has 18 heavy (non-hydrogen) atoms. The maximum absolute atomic E-state index is 11.8. The van der Waals surface area contributed by atoms with Crippen molar-refractivity contribution in [3.05, 3.63) is 33.4 Å². The fourth-order valence-corrected chi connectivity index (χ4v) is 2.17. The second-order valence-corrected chi connectivity index (χ2v) is 5.72. The van der Waals surface area contributed by atoms with Gasteiger partial charge in [0.2, 0.25) is 0 Å². The quantitative estimate of drug-likeness (QED) is 0.758. The van der Waals surface area contributed by atoms with Gasteiger partial charge in [-0.3, -0.25) is 0 Å². The molecule has 0 aromatic heterocycles. The third-order valence-electron chi connectivity index (χ3n) is 3.04. The maximum atomic E-state index is 11.8. The molecule has 98 valence electrons. The van der Waals surface area contributed by atoms with Crippen LogP contribution in [0.3, 0.4) is 0 Å². The summed E-state index contributed by atoms with van der Waals surface area (Å²) in [6.45, 7) is 3.68. The van der Waals surface area contributed by atoms with E-state index in [1.54, 1.807) is 4.90 Å². The number of benzene rings is 1. The molecule has 0 saturated carbocycles. The molecule has 1 amide bonds. The van der Waals surface area contributed by atoms with Gasteiger partial charge in [0.1, 0.15) is 6.61 Å². The number of rotatable bonds is 2. The van der Waals surface area contributed by atoms with Crippen molar-refractivity contribution in [2.75, 3.05) is 33.2 Å². The Morgan fingerprint density at radius 2 is 1.83 bits per heavy atom. The van der Waals surface area contributed by atoms with Crippen LogP contribution in [0.15, 0.2) is 24.3 Å². The lowest BCUT2D eigenvalue weighted by molar-refractivity contribution is 0.0769. The molecule has 2 rings (SSSR count). The highest BCUT2D eigenvalue weighted by Gasteiger charge is 2.19. The predicted octanol–water partition coefficient (Wildman–Crippen LogP) is 2.18. The Bertz CT molecular complexity index is 400. The molecular weight excluding hydrogens is 343 g/mol. The molecule has 0 atom stereocenters. The monoisotopic (exact) mass is 360 g/mol. The predicted molar refractivity (Wildman–Crippen MR) is 78.4 cm³/mol. The third-order valence-corrected chi connectivity index (χ3v) is 3.76. The van der Waals surface area contributed by atoms with Gasteiger partial charge in [-0.05, 0) is 47.3 Å². The van der Waals surface area contributed by atoms with Crippen LogP contribution in [0.5, 0.6) is 0 Å². The highest BCUT2D eigenvalue weighted by Crippen LogP contribution is 2.09. The van der Waals surface area contributed by atoms with Gasteiger partial charge in [0.15, 0.2) is 0 Å². The van der Waals surface area contributed by atoms with Gasteiger partial charge in [-0.15, -0.1) is 0 Å². The smallest absolute Gasteiger partial charge is 0.410 e.